The fourth-order valence-electron chi connectivity index (χ4n) is 1.89. The molecule has 0 atom stereocenters. The lowest BCUT2D eigenvalue weighted by atomic mass is 10.2. The first-order valence-corrected chi connectivity index (χ1v) is 6.78. The summed E-state index contributed by atoms with van der Waals surface area (Å²) in [4.78, 5) is 15.8. The van der Waals surface area contributed by atoms with E-state index in [2.05, 4.69) is 20.5 Å². The summed E-state index contributed by atoms with van der Waals surface area (Å²) in [5, 5.41) is 8.96. The molecule has 0 bridgehead atoms. The van der Waals surface area contributed by atoms with Gasteiger partial charge in [0.15, 0.2) is 0 Å². The number of rotatable bonds is 4. The van der Waals surface area contributed by atoms with Crippen LogP contribution in [0, 0.1) is 11.6 Å². The number of pyridine rings is 1. The third-order valence-corrected chi connectivity index (χ3v) is 3.06. The minimum Gasteiger partial charge on any atom is -0.415 e. The molecule has 1 aromatic carbocycles. The van der Waals surface area contributed by atoms with Crippen LogP contribution in [0.3, 0.4) is 0 Å². The van der Waals surface area contributed by atoms with Gasteiger partial charge >= 0.3 is 6.43 Å². The van der Waals surface area contributed by atoms with Crippen molar-refractivity contribution in [1.29, 1.82) is 0 Å². The van der Waals surface area contributed by atoms with Crippen LogP contribution in [0.25, 0.3) is 11.5 Å². The molecule has 0 saturated heterocycles. The van der Waals surface area contributed by atoms with Crippen molar-refractivity contribution < 1.29 is 26.8 Å². The van der Waals surface area contributed by atoms with Gasteiger partial charge in [0.25, 0.3) is 11.8 Å². The predicted octanol–water partition coefficient (Wildman–Crippen LogP) is 3.60. The molecule has 0 aliphatic carbocycles. The van der Waals surface area contributed by atoms with Gasteiger partial charge in [-0.1, -0.05) is 0 Å². The molecule has 0 aliphatic heterocycles. The van der Waals surface area contributed by atoms with E-state index in [0.717, 1.165) is 12.1 Å². The summed E-state index contributed by atoms with van der Waals surface area (Å²) in [5.41, 5.74) is -0.101. The Morgan fingerprint density at radius 1 is 1.12 bits per heavy atom. The fraction of sp³-hybridized carbons (Fsp3) is 0.0667. The fourth-order valence-corrected chi connectivity index (χ4v) is 1.89. The molecule has 6 nitrogen and oxygen atoms in total. The molecule has 0 aliphatic rings. The van der Waals surface area contributed by atoms with Crippen molar-refractivity contribution in [3.63, 3.8) is 0 Å². The van der Waals surface area contributed by atoms with E-state index >= 15 is 0 Å². The van der Waals surface area contributed by atoms with Crippen LogP contribution in [0.5, 0.6) is 0 Å². The lowest BCUT2D eigenvalue weighted by Gasteiger charge is -2.05. The molecular weight excluding hydrogens is 344 g/mol. The molecule has 10 heteroatoms. The number of aromatic nitrogens is 3. The van der Waals surface area contributed by atoms with E-state index in [1.54, 1.807) is 0 Å². The van der Waals surface area contributed by atoms with Crippen molar-refractivity contribution in [2.24, 2.45) is 0 Å². The van der Waals surface area contributed by atoms with Crippen molar-refractivity contribution >= 4 is 11.7 Å². The standard InChI is InChI=1S/C15H8F4N4O2/c16-8-2-3-9(10(17)5-8)13(24)21-11-4-1-7(6-20-11)14-22-23-15(25-14)12(18)19/h1-6,12H,(H,20,21,24). The number of nitrogens with one attached hydrogen (secondary N) is 1. The van der Waals surface area contributed by atoms with E-state index in [1.807, 2.05) is 0 Å². The van der Waals surface area contributed by atoms with Crippen LogP contribution in [0.1, 0.15) is 22.7 Å². The second-order valence-electron chi connectivity index (χ2n) is 4.76. The zero-order chi connectivity index (χ0) is 18.0. The number of amides is 1. The third kappa shape index (κ3) is 3.62. The average Bonchev–Trinajstić information content (AvgIpc) is 3.05. The number of halogens is 4. The topological polar surface area (TPSA) is 80.9 Å². The quantitative estimate of drug-likeness (QED) is 0.726. The summed E-state index contributed by atoms with van der Waals surface area (Å²) in [6.07, 6.45) is -1.68. The monoisotopic (exact) mass is 352 g/mol. The molecule has 0 fully saturated rings. The number of benzene rings is 1. The summed E-state index contributed by atoms with van der Waals surface area (Å²) in [6.45, 7) is 0. The normalized spacial score (nSPS) is 10.9. The number of hydrogen-bond acceptors (Lipinski definition) is 5. The van der Waals surface area contributed by atoms with Gasteiger partial charge in [-0.15, -0.1) is 10.2 Å². The number of alkyl halides is 2. The number of carbonyl (C=O) groups is 1. The Labute approximate surface area is 137 Å². The first-order valence-electron chi connectivity index (χ1n) is 6.78. The molecule has 2 aromatic heterocycles. The van der Waals surface area contributed by atoms with Gasteiger partial charge < -0.3 is 9.73 Å². The van der Waals surface area contributed by atoms with E-state index < -0.39 is 29.9 Å². The summed E-state index contributed by atoms with van der Waals surface area (Å²) in [5.74, 6) is -3.57. The number of nitrogens with zero attached hydrogens (tertiary/aromatic N) is 3. The smallest absolute Gasteiger partial charge is 0.314 e. The van der Waals surface area contributed by atoms with Gasteiger partial charge in [0, 0.05) is 12.3 Å². The second kappa shape index (κ2) is 6.67. The largest absolute Gasteiger partial charge is 0.415 e. The van der Waals surface area contributed by atoms with Crippen LogP contribution in [0.15, 0.2) is 40.9 Å². The van der Waals surface area contributed by atoms with E-state index in [9.17, 15) is 22.4 Å². The highest BCUT2D eigenvalue weighted by Gasteiger charge is 2.17. The lowest BCUT2D eigenvalue weighted by molar-refractivity contribution is 0.102. The molecule has 1 amide bonds. The first kappa shape index (κ1) is 16.6. The van der Waals surface area contributed by atoms with Gasteiger partial charge in [-0.05, 0) is 24.3 Å². The molecule has 25 heavy (non-hydrogen) atoms. The minimum atomic E-state index is -2.89. The van der Waals surface area contributed by atoms with Gasteiger partial charge in [-0.3, -0.25) is 4.79 Å². The van der Waals surface area contributed by atoms with Gasteiger partial charge in [0.1, 0.15) is 17.5 Å². The summed E-state index contributed by atoms with van der Waals surface area (Å²) in [7, 11) is 0. The van der Waals surface area contributed by atoms with Crippen LogP contribution < -0.4 is 5.32 Å². The van der Waals surface area contributed by atoms with Crippen molar-refractivity contribution in [3.05, 3.63) is 59.6 Å². The Kier molecular flexibility index (Phi) is 4.42. The van der Waals surface area contributed by atoms with Gasteiger partial charge in [0.2, 0.25) is 5.89 Å². The highest BCUT2D eigenvalue weighted by atomic mass is 19.3. The van der Waals surface area contributed by atoms with Gasteiger partial charge in [-0.2, -0.15) is 8.78 Å². The van der Waals surface area contributed by atoms with Crippen LogP contribution >= 0.6 is 0 Å². The van der Waals surface area contributed by atoms with E-state index in [0.29, 0.717) is 6.07 Å². The highest BCUT2D eigenvalue weighted by Crippen LogP contribution is 2.23. The highest BCUT2D eigenvalue weighted by molar-refractivity contribution is 6.03. The Morgan fingerprint density at radius 2 is 1.92 bits per heavy atom. The lowest BCUT2D eigenvalue weighted by Crippen LogP contribution is -2.14. The van der Waals surface area contributed by atoms with Crippen LogP contribution in [-0.4, -0.2) is 21.1 Å². The van der Waals surface area contributed by atoms with E-state index in [-0.39, 0.29) is 22.8 Å². The first-order chi connectivity index (χ1) is 11.9. The van der Waals surface area contributed by atoms with Gasteiger partial charge in [-0.25, -0.2) is 13.8 Å². The molecular formula is C15H8F4N4O2. The number of carbonyl (C=O) groups excluding carboxylic acids is 1. The molecule has 0 spiro atoms. The Balaban J connectivity index is 1.74. The zero-order valence-corrected chi connectivity index (χ0v) is 12.2. The number of hydrogen-bond donors (Lipinski definition) is 1. The molecule has 0 saturated carbocycles. The molecule has 128 valence electrons. The predicted molar refractivity (Wildman–Crippen MR) is 76.8 cm³/mol. The van der Waals surface area contributed by atoms with E-state index in [1.165, 1.54) is 18.3 Å². The van der Waals surface area contributed by atoms with Crippen LogP contribution in [0.2, 0.25) is 0 Å². The maximum Gasteiger partial charge on any atom is 0.314 e. The molecule has 3 aromatic rings. The summed E-state index contributed by atoms with van der Waals surface area (Å²) in [6, 6.07) is 5.26. The maximum atomic E-state index is 13.5. The van der Waals surface area contributed by atoms with Gasteiger partial charge in [0.05, 0.1) is 11.1 Å². The Morgan fingerprint density at radius 3 is 2.52 bits per heavy atom. The summed E-state index contributed by atoms with van der Waals surface area (Å²) < 4.78 is 56.0. The molecule has 3 rings (SSSR count). The van der Waals surface area contributed by atoms with Crippen LogP contribution in [-0.2, 0) is 0 Å². The van der Waals surface area contributed by atoms with Crippen LogP contribution in [0.4, 0.5) is 23.4 Å². The SMILES string of the molecule is O=C(Nc1ccc(-c2nnc(C(F)F)o2)cn1)c1ccc(F)cc1F. The molecule has 2 heterocycles. The average molecular weight is 352 g/mol. The zero-order valence-electron chi connectivity index (χ0n) is 12.2. The Hall–Kier alpha value is -3.30. The molecule has 0 radical (unpaired) electrons. The maximum absolute atomic E-state index is 13.5. The van der Waals surface area contributed by atoms with Crippen molar-refractivity contribution in [2.45, 2.75) is 6.43 Å². The number of anilines is 1. The summed E-state index contributed by atoms with van der Waals surface area (Å²) >= 11 is 0. The van der Waals surface area contributed by atoms with Crippen molar-refractivity contribution in [1.82, 2.24) is 15.2 Å². The third-order valence-electron chi connectivity index (χ3n) is 3.06. The van der Waals surface area contributed by atoms with Crippen molar-refractivity contribution in [2.75, 3.05) is 5.32 Å². The van der Waals surface area contributed by atoms with Crippen molar-refractivity contribution in [3.8, 4) is 11.5 Å². The minimum absolute atomic E-state index is 0.0612. The molecule has 0 unspecified atom stereocenters. The molecule has 1 N–H and O–H groups in total. The van der Waals surface area contributed by atoms with E-state index in [4.69, 9.17) is 4.42 Å². The second-order valence-corrected chi connectivity index (χ2v) is 4.76. The Bertz CT molecular complexity index is 912.